The van der Waals surface area contributed by atoms with Crippen LogP contribution in [0.15, 0.2) is 277 Å². The Hall–Kier alpha value is -9.50. The molecule has 0 saturated heterocycles. The Morgan fingerprint density at radius 2 is 0.778 bits per heavy atom. The van der Waals surface area contributed by atoms with Gasteiger partial charge in [0.1, 0.15) is 11.2 Å². The standard InChI is InChI=1S/C70H45NO/c1-3-19-48(20-4-1)68-63-29-10-9-27-59(63)61-43-39-51(45-65(61)69(68)49-21-5-2-6-22-49)56-26-11-13-34-66(56)71(53-24-15-23-50(44-53)57-31-17-33-64-62-28-12-14-35-67(62)72-70(57)64)52-40-36-47(37-41-52)55-30-16-32-58-54-25-8-7-18-46(54)38-42-60(55)58/h1-45H. The Balaban J connectivity index is 0.978. The van der Waals surface area contributed by atoms with Crippen molar-refractivity contribution in [3.63, 3.8) is 0 Å². The minimum absolute atomic E-state index is 0.890. The van der Waals surface area contributed by atoms with Gasteiger partial charge in [0.15, 0.2) is 0 Å². The number of fused-ring (bicyclic) bond motifs is 9. The van der Waals surface area contributed by atoms with Crippen LogP contribution in [0.25, 0.3) is 121 Å². The van der Waals surface area contributed by atoms with Gasteiger partial charge in [-0.3, -0.25) is 0 Å². The fourth-order valence-electron chi connectivity index (χ4n) is 11.4. The summed E-state index contributed by atoms with van der Waals surface area (Å²) in [5.41, 5.74) is 16.6. The molecule has 72 heavy (non-hydrogen) atoms. The van der Waals surface area contributed by atoms with E-state index in [1.807, 2.05) is 6.07 Å². The van der Waals surface area contributed by atoms with Crippen LogP contribution in [0.2, 0.25) is 0 Å². The zero-order chi connectivity index (χ0) is 47.5. The molecule has 2 nitrogen and oxygen atoms in total. The molecular weight excluding hydrogens is 871 g/mol. The molecule has 0 atom stereocenters. The number of hydrogen-bond acceptors (Lipinski definition) is 2. The summed E-state index contributed by atoms with van der Waals surface area (Å²) >= 11 is 0. The van der Waals surface area contributed by atoms with Crippen LogP contribution in [0, 0.1) is 0 Å². The van der Waals surface area contributed by atoms with E-state index >= 15 is 0 Å². The van der Waals surface area contributed by atoms with Gasteiger partial charge in [-0.2, -0.15) is 0 Å². The molecule has 1 heterocycles. The highest BCUT2D eigenvalue weighted by molar-refractivity contribution is 6.22. The molecule has 0 bridgehead atoms. The molecule has 2 heteroatoms. The summed E-state index contributed by atoms with van der Waals surface area (Å²) in [4.78, 5) is 2.43. The first-order valence-corrected chi connectivity index (χ1v) is 24.7. The van der Waals surface area contributed by atoms with Gasteiger partial charge in [0, 0.05) is 33.3 Å². The van der Waals surface area contributed by atoms with E-state index in [0.717, 1.165) is 61.3 Å². The maximum atomic E-state index is 6.62. The molecule has 13 aromatic carbocycles. The number of furan rings is 1. The van der Waals surface area contributed by atoms with E-state index in [-0.39, 0.29) is 0 Å². The predicted octanol–water partition coefficient (Wildman–Crippen LogP) is 20.0. The van der Waals surface area contributed by atoms with Crippen LogP contribution in [0.3, 0.4) is 0 Å². The minimum Gasteiger partial charge on any atom is -0.455 e. The average molecular weight is 916 g/mol. The first-order chi connectivity index (χ1) is 35.7. The van der Waals surface area contributed by atoms with Crippen LogP contribution >= 0.6 is 0 Å². The molecule has 0 aliphatic rings. The second kappa shape index (κ2) is 17.2. The lowest BCUT2D eigenvalue weighted by atomic mass is 9.84. The number of hydrogen-bond donors (Lipinski definition) is 0. The van der Waals surface area contributed by atoms with E-state index in [4.69, 9.17) is 4.42 Å². The minimum atomic E-state index is 0.890. The summed E-state index contributed by atoms with van der Waals surface area (Å²) < 4.78 is 6.62. The van der Waals surface area contributed by atoms with E-state index in [2.05, 4.69) is 272 Å². The first kappa shape index (κ1) is 41.5. The number of anilines is 3. The van der Waals surface area contributed by atoms with Crippen molar-refractivity contribution in [2.24, 2.45) is 0 Å². The Bertz CT molecular complexity index is 4380. The van der Waals surface area contributed by atoms with Gasteiger partial charge in [-0.25, -0.2) is 0 Å². The first-order valence-electron chi connectivity index (χ1n) is 24.7. The van der Waals surface area contributed by atoms with Crippen molar-refractivity contribution < 1.29 is 4.42 Å². The van der Waals surface area contributed by atoms with E-state index in [1.54, 1.807) is 0 Å². The lowest BCUT2D eigenvalue weighted by molar-refractivity contribution is 0.670. The molecule has 0 radical (unpaired) electrons. The molecular formula is C70H45NO. The topological polar surface area (TPSA) is 16.4 Å². The zero-order valence-corrected chi connectivity index (χ0v) is 39.3. The van der Waals surface area contributed by atoms with Crippen LogP contribution in [0.1, 0.15) is 0 Å². The Labute approximate surface area is 417 Å². The number of para-hydroxylation sites is 3. The van der Waals surface area contributed by atoms with Crippen LogP contribution in [-0.2, 0) is 0 Å². The monoisotopic (exact) mass is 915 g/mol. The van der Waals surface area contributed by atoms with Gasteiger partial charge in [0.25, 0.3) is 0 Å². The molecule has 1 aromatic heterocycles. The van der Waals surface area contributed by atoms with Crippen molar-refractivity contribution in [1.29, 1.82) is 0 Å². The van der Waals surface area contributed by atoms with Gasteiger partial charge < -0.3 is 9.32 Å². The third-order valence-corrected chi connectivity index (χ3v) is 14.6. The van der Waals surface area contributed by atoms with Crippen LogP contribution in [0.4, 0.5) is 17.1 Å². The molecule has 0 fully saturated rings. The largest absolute Gasteiger partial charge is 0.455 e. The highest BCUT2D eigenvalue weighted by Gasteiger charge is 2.22. The second-order valence-electron chi connectivity index (χ2n) is 18.7. The predicted molar refractivity (Wildman–Crippen MR) is 306 cm³/mol. The van der Waals surface area contributed by atoms with Crippen molar-refractivity contribution in [2.75, 3.05) is 4.90 Å². The highest BCUT2D eigenvalue weighted by Crippen LogP contribution is 2.48. The molecule has 0 aliphatic heterocycles. The third-order valence-electron chi connectivity index (χ3n) is 14.6. The second-order valence-corrected chi connectivity index (χ2v) is 18.7. The van der Waals surface area contributed by atoms with Crippen LogP contribution in [0.5, 0.6) is 0 Å². The summed E-state index contributed by atoms with van der Waals surface area (Å²) in [5, 5.41) is 12.2. The molecule has 0 saturated carbocycles. The molecule has 0 aliphatic carbocycles. The average Bonchev–Trinajstić information content (AvgIpc) is 3.84. The van der Waals surface area contributed by atoms with Crippen molar-refractivity contribution in [3.8, 4) is 55.6 Å². The number of rotatable bonds is 8. The summed E-state index contributed by atoms with van der Waals surface area (Å²) in [7, 11) is 0. The lowest BCUT2D eigenvalue weighted by Crippen LogP contribution is -2.11. The van der Waals surface area contributed by atoms with Gasteiger partial charge in [0.05, 0.1) is 5.69 Å². The van der Waals surface area contributed by atoms with E-state index in [1.165, 1.54) is 76.5 Å². The van der Waals surface area contributed by atoms with E-state index in [9.17, 15) is 0 Å². The third kappa shape index (κ3) is 6.88. The van der Waals surface area contributed by atoms with Crippen molar-refractivity contribution >= 4 is 82.1 Å². The zero-order valence-electron chi connectivity index (χ0n) is 39.3. The Morgan fingerprint density at radius 3 is 1.58 bits per heavy atom. The summed E-state index contributed by atoms with van der Waals surface area (Å²) in [6, 6.07) is 99.3. The fourth-order valence-corrected chi connectivity index (χ4v) is 11.4. The summed E-state index contributed by atoms with van der Waals surface area (Å²) in [6.07, 6.45) is 0. The smallest absolute Gasteiger partial charge is 0.143 e. The molecule has 0 amide bonds. The van der Waals surface area contributed by atoms with Crippen LogP contribution in [-0.4, -0.2) is 0 Å². The molecule has 0 N–H and O–H groups in total. The van der Waals surface area contributed by atoms with Crippen molar-refractivity contribution in [2.45, 2.75) is 0 Å². The number of nitrogens with zero attached hydrogens (tertiary/aromatic N) is 1. The summed E-state index contributed by atoms with van der Waals surface area (Å²) in [5.74, 6) is 0. The van der Waals surface area contributed by atoms with Gasteiger partial charge in [-0.1, -0.05) is 231 Å². The van der Waals surface area contributed by atoms with E-state index in [0.29, 0.717) is 0 Å². The normalized spacial score (nSPS) is 11.6. The van der Waals surface area contributed by atoms with Gasteiger partial charge >= 0.3 is 0 Å². The molecule has 14 rings (SSSR count). The Kier molecular flexibility index (Phi) is 9.89. The quantitative estimate of drug-likeness (QED) is 0.141. The van der Waals surface area contributed by atoms with Crippen LogP contribution < -0.4 is 4.90 Å². The van der Waals surface area contributed by atoms with E-state index < -0.39 is 0 Å². The fraction of sp³-hybridized carbons (Fsp3) is 0. The molecule has 336 valence electrons. The molecule has 0 unspecified atom stereocenters. The lowest BCUT2D eigenvalue weighted by Gasteiger charge is -2.29. The summed E-state index contributed by atoms with van der Waals surface area (Å²) in [6.45, 7) is 0. The molecule has 0 spiro atoms. The van der Waals surface area contributed by atoms with Crippen molar-refractivity contribution in [3.05, 3.63) is 273 Å². The van der Waals surface area contributed by atoms with Crippen molar-refractivity contribution in [1.82, 2.24) is 0 Å². The van der Waals surface area contributed by atoms with Gasteiger partial charge in [0.2, 0.25) is 0 Å². The maximum Gasteiger partial charge on any atom is 0.143 e. The SMILES string of the molecule is c1ccc(-c2c(-c3ccccc3)c3cc(-c4ccccc4N(c4ccc(-c5cccc6c5ccc5ccccc56)cc4)c4cccc(-c5cccc6c5oc5ccccc56)c4)ccc3c3ccccc23)cc1. The maximum absolute atomic E-state index is 6.62. The highest BCUT2D eigenvalue weighted by atomic mass is 16.3. The van der Waals surface area contributed by atoms with Gasteiger partial charge in [-0.05, 0) is 130 Å². The number of benzene rings is 13. The van der Waals surface area contributed by atoms with Gasteiger partial charge in [-0.15, -0.1) is 0 Å². The Morgan fingerprint density at radius 1 is 0.250 bits per heavy atom. The molecule has 14 aromatic rings.